The summed E-state index contributed by atoms with van der Waals surface area (Å²) in [7, 11) is 1.93. The highest BCUT2D eigenvalue weighted by molar-refractivity contribution is 6.11. The lowest BCUT2D eigenvalue weighted by Gasteiger charge is -2.29. The summed E-state index contributed by atoms with van der Waals surface area (Å²) >= 11 is 0. The van der Waals surface area contributed by atoms with E-state index in [1.807, 2.05) is 36.7 Å². The van der Waals surface area contributed by atoms with Gasteiger partial charge in [-0.05, 0) is 32.0 Å². The number of fused-ring (bicyclic) bond motifs is 1. The van der Waals surface area contributed by atoms with Crippen molar-refractivity contribution in [3.05, 3.63) is 53.9 Å². The molecule has 0 unspecified atom stereocenters. The van der Waals surface area contributed by atoms with Gasteiger partial charge in [0.05, 0.1) is 22.9 Å². The molecule has 3 rings (SSSR count). The van der Waals surface area contributed by atoms with Gasteiger partial charge in [0, 0.05) is 48.1 Å². The second-order valence-electron chi connectivity index (χ2n) is 8.34. The average Bonchev–Trinajstić information content (AvgIpc) is 2.97. The van der Waals surface area contributed by atoms with Gasteiger partial charge in [0.2, 0.25) is 0 Å². The van der Waals surface area contributed by atoms with E-state index in [0.29, 0.717) is 16.8 Å². The van der Waals surface area contributed by atoms with Crippen LogP contribution < -0.4 is 5.73 Å². The molecule has 0 atom stereocenters. The smallest absolute Gasteiger partial charge is 0.252 e. The largest absolute Gasteiger partial charge is 0.404 e. The van der Waals surface area contributed by atoms with Crippen LogP contribution in [0, 0.1) is 18.2 Å². The van der Waals surface area contributed by atoms with Crippen LogP contribution in [-0.4, -0.2) is 33.2 Å². The summed E-state index contributed by atoms with van der Waals surface area (Å²) < 4.78 is 43.5. The zero-order valence-corrected chi connectivity index (χ0v) is 18.2. The number of allylic oxidation sites excluding steroid dienone is 1. The number of alkyl halides is 2. The maximum absolute atomic E-state index is 14.0. The molecule has 2 heterocycles. The molecule has 164 valence electrons. The van der Waals surface area contributed by atoms with Crippen LogP contribution in [-0.2, 0) is 7.05 Å². The number of hydrogen-bond acceptors (Lipinski definition) is 4. The van der Waals surface area contributed by atoms with E-state index >= 15 is 0 Å². The van der Waals surface area contributed by atoms with Crippen LogP contribution in [0.3, 0.4) is 0 Å². The molecular weight excluding hydrogens is 403 g/mol. The van der Waals surface area contributed by atoms with Crippen molar-refractivity contribution in [1.82, 2.24) is 14.5 Å². The number of imidazole rings is 1. The van der Waals surface area contributed by atoms with Crippen LogP contribution >= 0.6 is 0 Å². The fraction of sp³-hybridized carbons (Fsp3) is 0.348. The van der Waals surface area contributed by atoms with E-state index in [0.717, 1.165) is 35.5 Å². The minimum absolute atomic E-state index is 0.120. The topological polar surface area (TPSA) is 69.1 Å². The van der Waals surface area contributed by atoms with Crippen LogP contribution in [0.2, 0.25) is 0 Å². The Morgan fingerprint density at radius 3 is 2.58 bits per heavy atom. The number of rotatable bonds is 6. The van der Waals surface area contributed by atoms with Gasteiger partial charge in [0.15, 0.2) is 0 Å². The molecule has 31 heavy (non-hydrogen) atoms. The molecule has 0 saturated carbocycles. The predicted octanol–water partition coefficient (Wildman–Crippen LogP) is 5.13. The maximum atomic E-state index is 14.0. The standard InChI is InChI=1S/C23H26F3N5/c1-14-30-19-8-15(6-7-20(19)31(14)5)21-18(9-17(24)12-29-21)16(10-27)11-28-13-22(2,3)23(4,25)26/h6-12H,13,27H2,1-5H3. The number of nitrogens with two attached hydrogens (primary N) is 1. The fourth-order valence-corrected chi connectivity index (χ4v) is 3.07. The lowest BCUT2D eigenvalue weighted by Crippen LogP contribution is -2.36. The molecule has 0 fully saturated rings. The zero-order chi connectivity index (χ0) is 23.0. The fourth-order valence-electron chi connectivity index (χ4n) is 3.07. The Balaban J connectivity index is 2.02. The molecule has 0 aliphatic heterocycles. The molecule has 2 aromatic heterocycles. The lowest BCUT2D eigenvalue weighted by atomic mass is 9.87. The molecule has 1 aromatic carbocycles. The second kappa shape index (κ2) is 8.17. The van der Waals surface area contributed by atoms with Crippen molar-refractivity contribution in [3.8, 4) is 11.3 Å². The number of nitrogens with zero attached hydrogens (tertiary/aromatic N) is 4. The van der Waals surface area contributed by atoms with Gasteiger partial charge in [0.1, 0.15) is 11.6 Å². The summed E-state index contributed by atoms with van der Waals surface area (Å²) in [6.45, 7) is 5.54. The number of aryl methyl sites for hydroxylation is 2. The molecule has 0 radical (unpaired) electrons. The summed E-state index contributed by atoms with van der Waals surface area (Å²) in [6.07, 6.45) is 3.78. The minimum atomic E-state index is -2.90. The number of aromatic nitrogens is 3. The highest BCUT2D eigenvalue weighted by Gasteiger charge is 2.41. The number of halogens is 3. The third-order valence-corrected chi connectivity index (χ3v) is 5.63. The van der Waals surface area contributed by atoms with E-state index in [2.05, 4.69) is 15.0 Å². The van der Waals surface area contributed by atoms with Gasteiger partial charge in [-0.25, -0.2) is 18.2 Å². The molecule has 8 heteroatoms. The van der Waals surface area contributed by atoms with Gasteiger partial charge >= 0.3 is 0 Å². The van der Waals surface area contributed by atoms with Gasteiger partial charge < -0.3 is 10.3 Å². The first-order chi connectivity index (χ1) is 14.4. The summed E-state index contributed by atoms with van der Waals surface area (Å²) in [4.78, 5) is 13.0. The first-order valence-electron chi connectivity index (χ1n) is 9.83. The van der Waals surface area contributed by atoms with Crippen molar-refractivity contribution in [2.45, 2.75) is 33.6 Å². The number of hydrogen-bond donors (Lipinski definition) is 1. The molecule has 0 spiro atoms. The van der Waals surface area contributed by atoms with Crippen molar-refractivity contribution in [3.63, 3.8) is 0 Å². The first-order valence-corrected chi connectivity index (χ1v) is 9.83. The highest BCUT2D eigenvalue weighted by Crippen LogP contribution is 2.36. The Hall–Kier alpha value is -3.16. The molecule has 0 bridgehead atoms. The molecule has 2 N–H and O–H groups in total. The van der Waals surface area contributed by atoms with E-state index in [-0.39, 0.29) is 6.54 Å². The Morgan fingerprint density at radius 1 is 1.23 bits per heavy atom. The molecule has 0 amide bonds. The molecule has 3 aromatic rings. The average molecular weight is 429 g/mol. The van der Waals surface area contributed by atoms with Gasteiger partial charge in [0.25, 0.3) is 5.92 Å². The summed E-state index contributed by atoms with van der Waals surface area (Å²) in [6, 6.07) is 6.98. The van der Waals surface area contributed by atoms with Crippen LogP contribution in [0.1, 0.15) is 32.2 Å². The second-order valence-corrected chi connectivity index (χ2v) is 8.34. The van der Waals surface area contributed by atoms with Crippen molar-refractivity contribution in [2.75, 3.05) is 6.54 Å². The number of benzene rings is 1. The predicted molar refractivity (Wildman–Crippen MR) is 119 cm³/mol. The maximum Gasteiger partial charge on any atom is 0.252 e. The van der Waals surface area contributed by atoms with Crippen LogP contribution in [0.4, 0.5) is 13.2 Å². The SMILES string of the molecule is Cc1nc2cc(-c3ncc(F)cc3C(C=NCC(C)(C)C(C)(F)F)=CN)ccc2n1C. The Labute approximate surface area is 179 Å². The quantitative estimate of drug-likeness (QED) is 0.552. The minimum Gasteiger partial charge on any atom is -0.404 e. The van der Waals surface area contributed by atoms with Crippen molar-refractivity contribution >= 4 is 22.8 Å². The molecule has 5 nitrogen and oxygen atoms in total. The molecule has 0 saturated heterocycles. The van der Waals surface area contributed by atoms with E-state index < -0.39 is 17.2 Å². The van der Waals surface area contributed by atoms with Gasteiger partial charge in [-0.1, -0.05) is 19.9 Å². The van der Waals surface area contributed by atoms with Crippen LogP contribution in [0.25, 0.3) is 27.9 Å². The number of aliphatic imine (C=N–C) groups is 1. The van der Waals surface area contributed by atoms with Gasteiger partial charge in [-0.15, -0.1) is 0 Å². The first kappa shape index (κ1) is 22.5. The van der Waals surface area contributed by atoms with Gasteiger partial charge in [-0.3, -0.25) is 9.98 Å². The van der Waals surface area contributed by atoms with E-state index in [1.54, 1.807) is 0 Å². The Kier molecular flexibility index (Phi) is 5.93. The Bertz CT molecular complexity index is 1170. The van der Waals surface area contributed by atoms with Crippen LogP contribution in [0.15, 0.2) is 41.7 Å². The molecular formula is C23H26F3N5. The summed E-state index contributed by atoms with van der Waals surface area (Å²) in [5.41, 5.74) is 8.22. The van der Waals surface area contributed by atoms with Crippen molar-refractivity contribution in [2.24, 2.45) is 23.2 Å². The third-order valence-electron chi connectivity index (χ3n) is 5.63. The molecule has 0 aliphatic carbocycles. The summed E-state index contributed by atoms with van der Waals surface area (Å²) in [5.74, 6) is -2.58. The zero-order valence-electron chi connectivity index (χ0n) is 18.2. The van der Waals surface area contributed by atoms with E-state index in [9.17, 15) is 13.2 Å². The van der Waals surface area contributed by atoms with Crippen LogP contribution in [0.5, 0.6) is 0 Å². The Morgan fingerprint density at radius 2 is 1.94 bits per heavy atom. The molecule has 0 aliphatic rings. The third kappa shape index (κ3) is 4.47. The normalized spacial score (nSPS) is 13.5. The van der Waals surface area contributed by atoms with Crippen molar-refractivity contribution < 1.29 is 13.2 Å². The highest BCUT2D eigenvalue weighted by atomic mass is 19.3. The van der Waals surface area contributed by atoms with E-state index in [4.69, 9.17) is 5.73 Å². The summed E-state index contributed by atoms with van der Waals surface area (Å²) in [5, 5.41) is 0. The lowest BCUT2D eigenvalue weighted by molar-refractivity contribution is -0.0828. The number of pyridine rings is 1. The monoisotopic (exact) mass is 429 g/mol. The van der Waals surface area contributed by atoms with Gasteiger partial charge in [-0.2, -0.15) is 0 Å². The van der Waals surface area contributed by atoms with E-state index in [1.165, 1.54) is 32.3 Å². The van der Waals surface area contributed by atoms with Crippen molar-refractivity contribution in [1.29, 1.82) is 0 Å².